The Labute approximate surface area is 163 Å². The number of pyridine rings is 1. The molecule has 1 aliphatic rings. The van der Waals surface area contributed by atoms with E-state index in [0.717, 1.165) is 18.8 Å². The van der Waals surface area contributed by atoms with Gasteiger partial charge in [0.25, 0.3) is 5.91 Å². The number of ketones is 1. The first-order valence-electron chi connectivity index (χ1n) is 9.36. The lowest BCUT2D eigenvalue weighted by Gasteiger charge is -2.22. The summed E-state index contributed by atoms with van der Waals surface area (Å²) in [6.07, 6.45) is 3.88. The van der Waals surface area contributed by atoms with Gasteiger partial charge in [-0.2, -0.15) is 0 Å². The van der Waals surface area contributed by atoms with Crippen LogP contribution < -0.4 is 4.90 Å². The van der Waals surface area contributed by atoms with Crippen molar-refractivity contribution in [2.45, 2.75) is 20.3 Å². The first-order chi connectivity index (χ1) is 13.5. The van der Waals surface area contributed by atoms with Crippen LogP contribution in [-0.4, -0.2) is 65.3 Å². The Balaban J connectivity index is 1.63. The van der Waals surface area contributed by atoms with E-state index in [1.54, 1.807) is 36.2 Å². The molecule has 1 aliphatic heterocycles. The fourth-order valence-electron chi connectivity index (χ4n) is 3.15. The van der Waals surface area contributed by atoms with Gasteiger partial charge in [-0.1, -0.05) is 0 Å². The molecule has 2 aromatic heterocycles. The second kappa shape index (κ2) is 8.69. The molecule has 0 atom stereocenters. The summed E-state index contributed by atoms with van der Waals surface area (Å²) in [7, 11) is 0. The number of aromatic amines is 1. The van der Waals surface area contributed by atoms with Gasteiger partial charge in [-0.05, 0) is 38.5 Å². The number of carbonyl (C=O) groups excluding carboxylic acids is 3. The molecule has 28 heavy (non-hydrogen) atoms. The molecule has 1 N–H and O–H groups in total. The normalized spacial score (nSPS) is 14.5. The van der Waals surface area contributed by atoms with Crippen molar-refractivity contribution >= 4 is 23.5 Å². The molecular formula is C20H24N4O4. The Kier molecular flexibility index (Phi) is 6.08. The number of anilines is 1. The van der Waals surface area contributed by atoms with Crippen LogP contribution in [0.2, 0.25) is 0 Å². The number of Topliss-reactive ketones (excluding diaryl/α,β-unsaturated/α-hetero) is 1. The van der Waals surface area contributed by atoms with E-state index in [1.807, 2.05) is 0 Å². The average Bonchev–Trinajstić information content (AvgIpc) is 3.07. The molecule has 1 fully saturated rings. The molecule has 0 aliphatic carbocycles. The predicted molar refractivity (Wildman–Crippen MR) is 104 cm³/mol. The van der Waals surface area contributed by atoms with Gasteiger partial charge in [0.05, 0.1) is 12.2 Å². The summed E-state index contributed by atoms with van der Waals surface area (Å²) in [6.45, 7) is 6.14. The van der Waals surface area contributed by atoms with Gasteiger partial charge in [-0.25, -0.2) is 9.78 Å². The second-order valence-electron chi connectivity index (χ2n) is 6.62. The predicted octanol–water partition coefficient (Wildman–Crippen LogP) is 2.14. The molecule has 0 saturated carbocycles. The Morgan fingerprint density at radius 2 is 1.96 bits per heavy atom. The summed E-state index contributed by atoms with van der Waals surface area (Å²) < 4.78 is 4.97. The van der Waals surface area contributed by atoms with E-state index in [0.29, 0.717) is 43.1 Å². The standard InChI is InChI=1S/C20H24N4O4/c1-3-28-20(27)15-5-6-18(22-12-15)23-7-4-8-24(10-9-23)19(26)17-11-16(13-21-17)14(2)25/h5-6,11-13,21H,3-4,7-10H2,1-2H3. The Bertz CT molecular complexity index is 859. The smallest absolute Gasteiger partial charge is 0.339 e. The minimum Gasteiger partial charge on any atom is -0.462 e. The lowest BCUT2D eigenvalue weighted by Crippen LogP contribution is -2.35. The van der Waals surface area contributed by atoms with Crippen LogP contribution >= 0.6 is 0 Å². The van der Waals surface area contributed by atoms with E-state index in [4.69, 9.17) is 4.74 Å². The average molecular weight is 384 g/mol. The summed E-state index contributed by atoms with van der Waals surface area (Å²) in [5, 5.41) is 0. The number of amides is 1. The maximum Gasteiger partial charge on any atom is 0.339 e. The van der Waals surface area contributed by atoms with Crippen molar-refractivity contribution in [3.63, 3.8) is 0 Å². The maximum absolute atomic E-state index is 12.7. The van der Waals surface area contributed by atoms with Crippen molar-refractivity contribution in [1.29, 1.82) is 0 Å². The number of nitrogens with one attached hydrogen (secondary N) is 1. The van der Waals surface area contributed by atoms with Crippen LogP contribution in [0.1, 0.15) is 51.5 Å². The highest BCUT2D eigenvalue weighted by Crippen LogP contribution is 2.16. The van der Waals surface area contributed by atoms with Crippen molar-refractivity contribution in [2.75, 3.05) is 37.7 Å². The number of esters is 1. The highest BCUT2D eigenvalue weighted by Gasteiger charge is 2.22. The summed E-state index contributed by atoms with van der Waals surface area (Å²) in [5.74, 6) is 0.195. The molecule has 8 heteroatoms. The van der Waals surface area contributed by atoms with E-state index >= 15 is 0 Å². The number of hydrogen-bond donors (Lipinski definition) is 1. The second-order valence-corrected chi connectivity index (χ2v) is 6.62. The highest BCUT2D eigenvalue weighted by molar-refractivity contribution is 5.99. The van der Waals surface area contributed by atoms with Crippen molar-refractivity contribution in [2.24, 2.45) is 0 Å². The molecular weight excluding hydrogens is 360 g/mol. The van der Waals surface area contributed by atoms with Gasteiger partial charge in [0, 0.05) is 44.1 Å². The number of ether oxygens (including phenoxy) is 1. The molecule has 2 aromatic rings. The molecule has 8 nitrogen and oxygen atoms in total. The topological polar surface area (TPSA) is 95.6 Å². The Morgan fingerprint density at radius 3 is 2.61 bits per heavy atom. The molecule has 3 heterocycles. The third kappa shape index (κ3) is 4.39. The van der Waals surface area contributed by atoms with Crippen LogP contribution in [0.25, 0.3) is 0 Å². The molecule has 148 valence electrons. The van der Waals surface area contributed by atoms with Gasteiger partial charge in [-0.15, -0.1) is 0 Å². The summed E-state index contributed by atoms with van der Waals surface area (Å²) in [5.41, 5.74) is 1.35. The van der Waals surface area contributed by atoms with Crippen molar-refractivity contribution in [1.82, 2.24) is 14.9 Å². The minimum atomic E-state index is -0.384. The van der Waals surface area contributed by atoms with E-state index in [2.05, 4.69) is 14.9 Å². The Hall–Kier alpha value is -3.16. The van der Waals surface area contributed by atoms with Crippen LogP contribution in [0.15, 0.2) is 30.6 Å². The zero-order valence-corrected chi connectivity index (χ0v) is 16.1. The molecule has 0 unspecified atom stereocenters. The molecule has 0 bridgehead atoms. The molecule has 3 rings (SSSR count). The molecule has 0 aromatic carbocycles. The van der Waals surface area contributed by atoms with Gasteiger partial charge in [0.2, 0.25) is 0 Å². The monoisotopic (exact) mass is 384 g/mol. The van der Waals surface area contributed by atoms with Gasteiger partial charge in [0.1, 0.15) is 11.5 Å². The third-order valence-corrected chi connectivity index (χ3v) is 4.69. The van der Waals surface area contributed by atoms with Crippen LogP contribution in [0.4, 0.5) is 5.82 Å². The van der Waals surface area contributed by atoms with Crippen molar-refractivity contribution in [3.05, 3.63) is 47.4 Å². The van der Waals surface area contributed by atoms with Crippen LogP contribution in [0.3, 0.4) is 0 Å². The largest absolute Gasteiger partial charge is 0.462 e. The van der Waals surface area contributed by atoms with Crippen LogP contribution in [0.5, 0.6) is 0 Å². The lowest BCUT2D eigenvalue weighted by molar-refractivity contribution is 0.0525. The van der Waals surface area contributed by atoms with Crippen molar-refractivity contribution < 1.29 is 19.1 Å². The minimum absolute atomic E-state index is 0.0744. The van der Waals surface area contributed by atoms with Gasteiger partial charge >= 0.3 is 5.97 Å². The maximum atomic E-state index is 12.7. The summed E-state index contributed by atoms with van der Waals surface area (Å²) in [6, 6.07) is 5.10. The zero-order valence-electron chi connectivity index (χ0n) is 16.1. The Morgan fingerprint density at radius 1 is 1.14 bits per heavy atom. The first-order valence-corrected chi connectivity index (χ1v) is 9.36. The first kappa shape index (κ1) is 19.6. The number of hydrogen-bond acceptors (Lipinski definition) is 6. The van der Waals surface area contributed by atoms with E-state index in [9.17, 15) is 14.4 Å². The number of rotatable bonds is 5. The van der Waals surface area contributed by atoms with Gasteiger partial charge in [0.15, 0.2) is 5.78 Å². The summed E-state index contributed by atoms with van der Waals surface area (Å²) in [4.78, 5) is 47.0. The fraction of sp³-hybridized carbons (Fsp3) is 0.400. The van der Waals surface area contributed by atoms with Crippen molar-refractivity contribution in [3.8, 4) is 0 Å². The molecule has 1 amide bonds. The van der Waals surface area contributed by atoms with Crippen LogP contribution in [-0.2, 0) is 4.74 Å². The van der Waals surface area contributed by atoms with E-state index in [1.165, 1.54) is 13.1 Å². The van der Waals surface area contributed by atoms with E-state index < -0.39 is 0 Å². The van der Waals surface area contributed by atoms with Crippen LogP contribution in [0, 0.1) is 0 Å². The third-order valence-electron chi connectivity index (χ3n) is 4.69. The zero-order chi connectivity index (χ0) is 20.1. The van der Waals surface area contributed by atoms with Gasteiger partial charge in [-0.3, -0.25) is 9.59 Å². The van der Waals surface area contributed by atoms with E-state index in [-0.39, 0.29) is 17.7 Å². The number of H-pyrrole nitrogens is 1. The quantitative estimate of drug-likeness (QED) is 0.627. The fourth-order valence-corrected chi connectivity index (χ4v) is 3.15. The number of aromatic nitrogens is 2. The molecule has 0 radical (unpaired) electrons. The summed E-state index contributed by atoms with van der Waals surface area (Å²) >= 11 is 0. The number of nitrogens with zero attached hydrogens (tertiary/aromatic N) is 3. The number of carbonyl (C=O) groups is 3. The van der Waals surface area contributed by atoms with Gasteiger partial charge < -0.3 is 19.5 Å². The highest BCUT2D eigenvalue weighted by atomic mass is 16.5. The molecule has 0 spiro atoms. The molecule has 1 saturated heterocycles. The lowest BCUT2D eigenvalue weighted by atomic mass is 10.2. The SMILES string of the molecule is CCOC(=O)c1ccc(N2CCCN(C(=O)c3cc(C(C)=O)c[nH]3)CC2)nc1.